The first kappa shape index (κ1) is 9.94. The molecule has 0 atom stereocenters. The molecule has 0 saturated carbocycles. The summed E-state index contributed by atoms with van der Waals surface area (Å²) in [6.45, 7) is 4.46. The van der Waals surface area contributed by atoms with E-state index in [9.17, 15) is 0 Å². The Bertz CT molecular complexity index is 426. The van der Waals surface area contributed by atoms with Crippen LogP contribution in [0.3, 0.4) is 0 Å². The van der Waals surface area contributed by atoms with Gasteiger partial charge in [0, 0.05) is 6.54 Å². The molecule has 15 heavy (non-hydrogen) atoms. The lowest BCUT2D eigenvalue weighted by atomic mass is 10.0. The van der Waals surface area contributed by atoms with Crippen molar-refractivity contribution in [3.63, 3.8) is 0 Å². The molecule has 0 aliphatic heterocycles. The molecule has 0 amide bonds. The predicted octanol–water partition coefficient (Wildman–Crippen LogP) is 2.99. The monoisotopic (exact) mass is 196 g/mol. The number of nitrogens with two attached hydrogens (primary N) is 1. The second-order valence-corrected chi connectivity index (χ2v) is 3.60. The summed E-state index contributed by atoms with van der Waals surface area (Å²) >= 11 is 0. The fourth-order valence-electron chi connectivity index (χ4n) is 1.53. The average Bonchev–Trinajstić information content (AvgIpc) is 2.30. The Balaban J connectivity index is 2.33. The summed E-state index contributed by atoms with van der Waals surface area (Å²) < 4.78 is 0. The molecule has 2 aromatic rings. The molecular formula is C14H14N. The van der Waals surface area contributed by atoms with Crippen LogP contribution in [0.15, 0.2) is 48.5 Å². The van der Waals surface area contributed by atoms with Gasteiger partial charge < -0.3 is 5.73 Å². The molecular weight excluding hydrogens is 182 g/mol. The van der Waals surface area contributed by atoms with Crippen LogP contribution >= 0.6 is 0 Å². The molecule has 1 nitrogen and oxygen atoms in total. The zero-order chi connectivity index (χ0) is 10.7. The summed E-state index contributed by atoms with van der Waals surface area (Å²) in [6, 6.07) is 16.5. The van der Waals surface area contributed by atoms with Crippen LogP contribution in [0.5, 0.6) is 0 Å². The third-order valence-electron chi connectivity index (χ3n) is 2.48. The van der Waals surface area contributed by atoms with Crippen LogP contribution in [0.2, 0.25) is 0 Å². The summed E-state index contributed by atoms with van der Waals surface area (Å²) in [6.07, 6.45) is 0. The van der Waals surface area contributed by atoms with Gasteiger partial charge in [-0.25, -0.2) is 0 Å². The Labute approximate surface area is 90.6 Å². The van der Waals surface area contributed by atoms with Gasteiger partial charge in [-0.3, -0.25) is 0 Å². The predicted molar refractivity (Wildman–Crippen MR) is 64.2 cm³/mol. The van der Waals surface area contributed by atoms with Crippen LogP contribution in [0.1, 0.15) is 11.1 Å². The van der Waals surface area contributed by atoms with Crippen LogP contribution in [0, 0.1) is 6.92 Å². The van der Waals surface area contributed by atoms with Crippen LogP contribution in [-0.2, 0) is 6.54 Å². The maximum Gasteiger partial charge on any atom is 0.0178 e. The number of benzene rings is 2. The molecule has 0 saturated heterocycles. The van der Waals surface area contributed by atoms with Gasteiger partial charge >= 0.3 is 0 Å². The second kappa shape index (κ2) is 4.28. The fraction of sp³-hybridized carbons (Fsp3) is 0.0714. The van der Waals surface area contributed by atoms with E-state index in [-0.39, 0.29) is 0 Å². The molecule has 0 aliphatic rings. The highest BCUT2D eigenvalue weighted by atomic mass is 14.5. The first-order chi connectivity index (χ1) is 7.29. The van der Waals surface area contributed by atoms with Gasteiger partial charge in [0.2, 0.25) is 0 Å². The third-order valence-corrected chi connectivity index (χ3v) is 2.48. The first-order valence-corrected chi connectivity index (χ1v) is 5.01. The average molecular weight is 196 g/mol. The van der Waals surface area contributed by atoms with Gasteiger partial charge in [0.25, 0.3) is 0 Å². The molecule has 0 heterocycles. The van der Waals surface area contributed by atoms with Gasteiger partial charge in [0.1, 0.15) is 0 Å². The van der Waals surface area contributed by atoms with E-state index in [1.165, 1.54) is 11.1 Å². The van der Waals surface area contributed by atoms with Crippen molar-refractivity contribution in [1.82, 2.24) is 0 Å². The molecule has 2 rings (SSSR count). The van der Waals surface area contributed by atoms with E-state index in [0.29, 0.717) is 6.54 Å². The summed E-state index contributed by atoms with van der Waals surface area (Å²) in [4.78, 5) is 0. The molecule has 2 N–H and O–H groups in total. The number of hydrogen-bond donors (Lipinski definition) is 1. The van der Waals surface area contributed by atoms with Crippen molar-refractivity contribution >= 4 is 0 Å². The van der Waals surface area contributed by atoms with Crippen molar-refractivity contribution in [3.8, 4) is 11.1 Å². The first-order valence-electron chi connectivity index (χ1n) is 5.01. The Morgan fingerprint density at radius 2 is 1.27 bits per heavy atom. The normalized spacial score (nSPS) is 10.3. The van der Waals surface area contributed by atoms with Gasteiger partial charge in [-0.1, -0.05) is 48.5 Å². The minimum Gasteiger partial charge on any atom is -0.326 e. The summed E-state index contributed by atoms with van der Waals surface area (Å²) in [5.74, 6) is 0. The minimum atomic E-state index is 0.595. The van der Waals surface area contributed by atoms with E-state index in [1.54, 1.807) is 0 Å². The molecule has 0 aromatic heterocycles. The lowest BCUT2D eigenvalue weighted by Gasteiger charge is -2.03. The highest BCUT2D eigenvalue weighted by Gasteiger charge is 1.96. The summed E-state index contributed by atoms with van der Waals surface area (Å²) in [5.41, 5.74) is 10.2. The Hall–Kier alpha value is -1.60. The van der Waals surface area contributed by atoms with Gasteiger partial charge in [-0.15, -0.1) is 0 Å². The molecule has 1 heteroatoms. The van der Waals surface area contributed by atoms with E-state index in [0.717, 1.165) is 11.1 Å². The number of hydrogen-bond acceptors (Lipinski definition) is 1. The lowest BCUT2D eigenvalue weighted by molar-refractivity contribution is 1.07. The zero-order valence-corrected chi connectivity index (χ0v) is 8.61. The van der Waals surface area contributed by atoms with Crippen molar-refractivity contribution in [3.05, 3.63) is 66.6 Å². The zero-order valence-electron chi connectivity index (χ0n) is 8.61. The third kappa shape index (κ3) is 2.25. The minimum absolute atomic E-state index is 0.595. The molecule has 0 aliphatic carbocycles. The molecule has 2 aromatic carbocycles. The van der Waals surface area contributed by atoms with Crippen molar-refractivity contribution in [1.29, 1.82) is 0 Å². The lowest BCUT2D eigenvalue weighted by Crippen LogP contribution is -1.95. The van der Waals surface area contributed by atoms with E-state index < -0.39 is 0 Å². The van der Waals surface area contributed by atoms with Crippen LogP contribution in [-0.4, -0.2) is 0 Å². The highest BCUT2D eigenvalue weighted by molar-refractivity contribution is 5.64. The van der Waals surface area contributed by atoms with Crippen molar-refractivity contribution in [2.75, 3.05) is 0 Å². The fourth-order valence-corrected chi connectivity index (χ4v) is 1.53. The van der Waals surface area contributed by atoms with Gasteiger partial charge in [-0.2, -0.15) is 0 Å². The maximum absolute atomic E-state index is 5.55. The molecule has 0 fully saturated rings. The van der Waals surface area contributed by atoms with Crippen molar-refractivity contribution < 1.29 is 0 Å². The van der Waals surface area contributed by atoms with E-state index in [1.807, 2.05) is 12.1 Å². The maximum atomic E-state index is 5.55. The standard InChI is InChI=1S/C14H14N/c1-11-2-6-13(7-3-11)14-8-4-12(10-15)5-9-14/h2-9H,1,10,15H2. The van der Waals surface area contributed by atoms with Crippen molar-refractivity contribution in [2.45, 2.75) is 6.54 Å². The van der Waals surface area contributed by atoms with Gasteiger partial charge in [0.15, 0.2) is 0 Å². The van der Waals surface area contributed by atoms with Crippen LogP contribution in [0.4, 0.5) is 0 Å². The topological polar surface area (TPSA) is 26.0 Å². The molecule has 0 spiro atoms. The van der Waals surface area contributed by atoms with Gasteiger partial charge in [-0.05, 0) is 29.2 Å². The second-order valence-electron chi connectivity index (χ2n) is 3.60. The van der Waals surface area contributed by atoms with Gasteiger partial charge in [0.05, 0.1) is 0 Å². The van der Waals surface area contributed by atoms with E-state index in [2.05, 4.69) is 43.3 Å². The molecule has 0 bridgehead atoms. The SMILES string of the molecule is [CH2]c1ccc(-c2ccc(CN)cc2)cc1. The quantitative estimate of drug-likeness (QED) is 0.785. The Kier molecular flexibility index (Phi) is 2.84. The van der Waals surface area contributed by atoms with E-state index in [4.69, 9.17) is 5.73 Å². The summed E-state index contributed by atoms with van der Waals surface area (Å²) in [5, 5.41) is 0. The number of rotatable bonds is 2. The molecule has 0 unspecified atom stereocenters. The Morgan fingerprint density at radius 3 is 1.73 bits per heavy atom. The molecule has 1 radical (unpaired) electrons. The largest absolute Gasteiger partial charge is 0.326 e. The van der Waals surface area contributed by atoms with Crippen LogP contribution < -0.4 is 5.73 Å². The van der Waals surface area contributed by atoms with Crippen molar-refractivity contribution in [2.24, 2.45) is 5.73 Å². The van der Waals surface area contributed by atoms with E-state index >= 15 is 0 Å². The molecule has 75 valence electrons. The highest BCUT2D eigenvalue weighted by Crippen LogP contribution is 2.19. The van der Waals surface area contributed by atoms with Crippen LogP contribution in [0.25, 0.3) is 11.1 Å². The Morgan fingerprint density at radius 1 is 0.800 bits per heavy atom. The summed E-state index contributed by atoms with van der Waals surface area (Å²) in [7, 11) is 0. The smallest absolute Gasteiger partial charge is 0.0178 e.